The van der Waals surface area contributed by atoms with Crippen LogP contribution in [0.15, 0.2) is 48.5 Å². The average Bonchev–Trinajstić information content (AvgIpc) is 3.03. The fourth-order valence-electron chi connectivity index (χ4n) is 3.72. The number of hydrogen-bond acceptors (Lipinski definition) is 5. The highest BCUT2D eigenvalue weighted by molar-refractivity contribution is 7.98. The van der Waals surface area contributed by atoms with Crippen LogP contribution in [0, 0.1) is 0 Å². The Labute approximate surface area is 174 Å². The summed E-state index contributed by atoms with van der Waals surface area (Å²) in [5.74, 6) is -0.479. The number of alkyl carbamates (subject to hydrolysis) is 1. The van der Waals surface area contributed by atoms with Gasteiger partial charge >= 0.3 is 12.1 Å². The van der Waals surface area contributed by atoms with Gasteiger partial charge in [-0.25, -0.2) is 4.79 Å². The molecular formula is C22H25NO5S. The summed E-state index contributed by atoms with van der Waals surface area (Å²) in [6.07, 6.45) is 0.124. The molecule has 0 aliphatic heterocycles. The van der Waals surface area contributed by atoms with E-state index in [1.165, 1.54) is 0 Å². The standard InChI is InChI=1S/C22H25NO5S/c1-29-11-10-19(20(24)12-21(25)26)23-22(27)28-13-18-16-8-4-2-6-14(16)15-7-3-5-9-17(15)18/h2-9,18-20,24H,10-13H2,1H3,(H,23,27)(H,25,26). The molecule has 2 atom stereocenters. The van der Waals surface area contributed by atoms with Crippen molar-refractivity contribution in [3.05, 3.63) is 59.7 Å². The highest BCUT2D eigenvalue weighted by Crippen LogP contribution is 2.44. The Kier molecular flexibility index (Phi) is 7.17. The molecule has 0 spiro atoms. The Morgan fingerprint density at radius 3 is 2.24 bits per heavy atom. The molecule has 1 aliphatic rings. The van der Waals surface area contributed by atoms with Gasteiger partial charge in [-0.15, -0.1) is 0 Å². The summed E-state index contributed by atoms with van der Waals surface area (Å²) in [6, 6.07) is 15.5. The molecule has 2 unspecified atom stereocenters. The monoisotopic (exact) mass is 415 g/mol. The number of ether oxygens (including phenoxy) is 1. The van der Waals surface area contributed by atoms with Gasteiger partial charge in [0.2, 0.25) is 0 Å². The lowest BCUT2D eigenvalue weighted by Gasteiger charge is -2.23. The van der Waals surface area contributed by atoms with Crippen LogP contribution in [0.5, 0.6) is 0 Å². The number of carboxylic acids is 1. The zero-order valence-corrected chi connectivity index (χ0v) is 17.0. The first-order valence-electron chi connectivity index (χ1n) is 9.51. The van der Waals surface area contributed by atoms with E-state index in [-0.39, 0.29) is 12.5 Å². The van der Waals surface area contributed by atoms with Crippen LogP contribution in [-0.4, -0.2) is 53.0 Å². The van der Waals surface area contributed by atoms with Crippen LogP contribution >= 0.6 is 11.8 Å². The summed E-state index contributed by atoms with van der Waals surface area (Å²) in [5.41, 5.74) is 4.52. The van der Waals surface area contributed by atoms with Crippen LogP contribution < -0.4 is 5.32 Å². The maximum atomic E-state index is 12.4. The smallest absolute Gasteiger partial charge is 0.407 e. The van der Waals surface area contributed by atoms with E-state index in [0.29, 0.717) is 12.2 Å². The minimum Gasteiger partial charge on any atom is -0.481 e. The predicted octanol–water partition coefficient (Wildman–Crippen LogP) is 3.48. The Hall–Kier alpha value is -2.51. The van der Waals surface area contributed by atoms with Crippen molar-refractivity contribution in [2.45, 2.75) is 30.9 Å². The first kappa shape index (κ1) is 21.2. The van der Waals surface area contributed by atoms with Gasteiger partial charge in [0.15, 0.2) is 0 Å². The number of carbonyl (C=O) groups is 2. The van der Waals surface area contributed by atoms with Gasteiger partial charge < -0.3 is 20.3 Å². The van der Waals surface area contributed by atoms with Gasteiger partial charge in [-0.05, 0) is 40.7 Å². The van der Waals surface area contributed by atoms with Crippen LogP contribution in [-0.2, 0) is 9.53 Å². The summed E-state index contributed by atoms with van der Waals surface area (Å²) in [7, 11) is 0. The second-order valence-electron chi connectivity index (χ2n) is 7.02. The number of aliphatic hydroxyl groups excluding tert-OH is 1. The Bertz CT molecular complexity index is 826. The molecule has 0 saturated heterocycles. The van der Waals surface area contributed by atoms with Gasteiger partial charge in [-0.3, -0.25) is 4.79 Å². The summed E-state index contributed by atoms with van der Waals surface area (Å²) in [4.78, 5) is 23.3. The molecule has 3 rings (SSSR count). The molecule has 3 N–H and O–H groups in total. The number of hydrogen-bond donors (Lipinski definition) is 3. The van der Waals surface area contributed by atoms with Crippen molar-refractivity contribution in [3.8, 4) is 11.1 Å². The quantitative estimate of drug-likeness (QED) is 0.580. The maximum Gasteiger partial charge on any atom is 0.407 e. The summed E-state index contributed by atoms with van der Waals surface area (Å²) >= 11 is 1.56. The van der Waals surface area contributed by atoms with E-state index in [9.17, 15) is 14.7 Å². The number of nitrogens with one attached hydrogen (secondary N) is 1. The molecule has 0 heterocycles. The van der Waals surface area contributed by atoms with E-state index in [0.717, 1.165) is 22.3 Å². The van der Waals surface area contributed by atoms with Gasteiger partial charge in [0.25, 0.3) is 0 Å². The SMILES string of the molecule is CSCCC(NC(=O)OCC1c2ccccc2-c2ccccc21)C(O)CC(=O)O. The minimum atomic E-state index is -1.17. The predicted molar refractivity (Wildman–Crippen MR) is 113 cm³/mol. The third kappa shape index (κ3) is 5.10. The number of aliphatic hydroxyl groups is 1. The zero-order chi connectivity index (χ0) is 20.8. The molecule has 0 saturated carbocycles. The number of carboxylic acid groups (broad SMARTS) is 1. The second kappa shape index (κ2) is 9.80. The number of carbonyl (C=O) groups excluding carboxylic acids is 1. The molecule has 1 amide bonds. The molecule has 1 aliphatic carbocycles. The number of thioether (sulfide) groups is 1. The fourth-order valence-corrected chi connectivity index (χ4v) is 4.21. The first-order valence-corrected chi connectivity index (χ1v) is 10.9. The van der Waals surface area contributed by atoms with Crippen molar-refractivity contribution < 1.29 is 24.5 Å². The van der Waals surface area contributed by atoms with Crippen LogP contribution in [0.3, 0.4) is 0 Å². The van der Waals surface area contributed by atoms with E-state index in [1.807, 2.05) is 42.7 Å². The summed E-state index contributed by atoms with van der Waals surface area (Å²) in [6.45, 7) is 0.171. The van der Waals surface area contributed by atoms with Crippen molar-refractivity contribution in [3.63, 3.8) is 0 Å². The molecule has 7 heteroatoms. The lowest BCUT2D eigenvalue weighted by atomic mass is 9.98. The van der Waals surface area contributed by atoms with Gasteiger partial charge in [-0.1, -0.05) is 48.5 Å². The van der Waals surface area contributed by atoms with Crippen LogP contribution in [0.2, 0.25) is 0 Å². The number of amides is 1. The Morgan fingerprint density at radius 2 is 1.69 bits per heavy atom. The van der Waals surface area contributed by atoms with Gasteiger partial charge in [-0.2, -0.15) is 11.8 Å². The van der Waals surface area contributed by atoms with Crippen molar-refractivity contribution in [2.75, 3.05) is 18.6 Å². The third-order valence-electron chi connectivity index (χ3n) is 5.13. The van der Waals surface area contributed by atoms with Gasteiger partial charge in [0.1, 0.15) is 6.61 Å². The summed E-state index contributed by atoms with van der Waals surface area (Å²) < 4.78 is 5.49. The van der Waals surface area contributed by atoms with Crippen LogP contribution in [0.4, 0.5) is 4.79 Å². The topological polar surface area (TPSA) is 95.9 Å². The first-order chi connectivity index (χ1) is 14.0. The highest BCUT2D eigenvalue weighted by Gasteiger charge is 2.30. The Balaban J connectivity index is 1.66. The molecule has 2 aromatic carbocycles. The van der Waals surface area contributed by atoms with Crippen molar-refractivity contribution in [1.29, 1.82) is 0 Å². The number of fused-ring (bicyclic) bond motifs is 3. The van der Waals surface area contributed by atoms with E-state index < -0.39 is 30.6 Å². The molecule has 154 valence electrons. The zero-order valence-electron chi connectivity index (χ0n) is 16.2. The van der Waals surface area contributed by atoms with Gasteiger partial charge in [0.05, 0.1) is 18.6 Å². The lowest BCUT2D eigenvalue weighted by molar-refractivity contribution is -0.139. The molecule has 0 bridgehead atoms. The van der Waals surface area contributed by atoms with E-state index >= 15 is 0 Å². The Morgan fingerprint density at radius 1 is 1.10 bits per heavy atom. The molecule has 0 radical (unpaired) electrons. The molecule has 0 aromatic heterocycles. The fraction of sp³-hybridized carbons (Fsp3) is 0.364. The average molecular weight is 416 g/mol. The van der Waals surface area contributed by atoms with Crippen LogP contribution in [0.1, 0.15) is 29.9 Å². The van der Waals surface area contributed by atoms with Crippen LogP contribution in [0.25, 0.3) is 11.1 Å². The normalized spacial score (nSPS) is 14.6. The molecule has 0 fully saturated rings. The highest BCUT2D eigenvalue weighted by atomic mass is 32.2. The van der Waals surface area contributed by atoms with E-state index in [2.05, 4.69) is 17.4 Å². The molecule has 29 heavy (non-hydrogen) atoms. The van der Waals surface area contributed by atoms with Gasteiger partial charge in [0, 0.05) is 5.92 Å². The molecule has 6 nitrogen and oxygen atoms in total. The number of benzene rings is 2. The van der Waals surface area contributed by atoms with Crippen molar-refractivity contribution in [2.24, 2.45) is 0 Å². The van der Waals surface area contributed by atoms with Crippen molar-refractivity contribution >= 4 is 23.8 Å². The van der Waals surface area contributed by atoms with Crippen molar-refractivity contribution in [1.82, 2.24) is 5.32 Å². The number of rotatable bonds is 9. The number of aliphatic carboxylic acids is 1. The molecular weight excluding hydrogens is 390 g/mol. The second-order valence-corrected chi connectivity index (χ2v) is 8.01. The lowest BCUT2D eigenvalue weighted by Crippen LogP contribution is -2.45. The minimum absolute atomic E-state index is 0.0539. The maximum absolute atomic E-state index is 12.4. The third-order valence-corrected chi connectivity index (χ3v) is 5.77. The van der Waals surface area contributed by atoms with E-state index in [4.69, 9.17) is 9.84 Å². The van der Waals surface area contributed by atoms with E-state index in [1.54, 1.807) is 11.8 Å². The molecule has 2 aromatic rings. The summed E-state index contributed by atoms with van der Waals surface area (Å²) in [5, 5.41) is 21.7. The largest absolute Gasteiger partial charge is 0.481 e.